The maximum absolute atomic E-state index is 6.35. The van der Waals surface area contributed by atoms with Crippen LogP contribution in [0.25, 0.3) is 10.2 Å². The van der Waals surface area contributed by atoms with Gasteiger partial charge >= 0.3 is 0 Å². The van der Waals surface area contributed by atoms with Gasteiger partial charge in [0.05, 0.1) is 5.39 Å². The van der Waals surface area contributed by atoms with E-state index in [0.29, 0.717) is 12.0 Å². The molecule has 0 amide bonds. The fourth-order valence-corrected chi connectivity index (χ4v) is 5.36. The van der Waals surface area contributed by atoms with Crippen molar-refractivity contribution < 1.29 is 9.47 Å². The zero-order valence-corrected chi connectivity index (χ0v) is 15.2. The van der Waals surface area contributed by atoms with Crippen molar-refractivity contribution in [2.75, 3.05) is 13.2 Å². The summed E-state index contributed by atoms with van der Waals surface area (Å²) < 4.78 is 11.9. The molecule has 0 N–H and O–H groups in total. The molecule has 1 atom stereocenters. The van der Waals surface area contributed by atoms with E-state index in [0.717, 1.165) is 49.6 Å². The summed E-state index contributed by atoms with van der Waals surface area (Å²) in [5, 5.41) is 1.20. The minimum absolute atomic E-state index is 0.329. The molecule has 0 bridgehead atoms. The van der Waals surface area contributed by atoms with Crippen LogP contribution < -0.4 is 4.74 Å². The summed E-state index contributed by atoms with van der Waals surface area (Å²) in [6, 6.07) is 0. The lowest BCUT2D eigenvalue weighted by molar-refractivity contribution is 0.139. The van der Waals surface area contributed by atoms with E-state index in [1.54, 1.807) is 6.33 Å². The average molecular weight is 346 g/mol. The van der Waals surface area contributed by atoms with Gasteiger partial charge in [0.2, 0.25) is 5.88 Å². The molecule has 0 radical (unpaired) electrons. The fraction of sp³-hybridized carbons (Fsp3) is 0.684. The number of aryl methyl sites for hydroxylation is 1. The second kappa shape index (κ2) is 7.36. The topological polar surface area (TPSA) is 44.2 Å². The van der Waals surface area contributed by atoms with Crippen molar-refractivity contribution >= 4 is 21.6 Å². The lowest BCUT2D eigenvalue weighted by Gasteiger charge is -2.23. The molecule has 2 aromatic heterocycles. The summed E-state index contributed by atoms with van der Waals surface area (Å²) in [4.78, 5) is 11.6. The van der Waals surface area contributed by atoms with Crippen molar-refractivity contribution in [3.05, 3.63) is 16.8 Å². The van der Waals surface area contributed by atoms with Crippen LogP contribution in [0, 0.1) is 0 Å². The van der Waals surface area contributed by atoms with E-state index in [9.17, 15) is 0 Å². The maximum atomic E-state index is 6.35. The van der Waals surface area contributed by atoms with Gasteiger partial charge in [-0.05, 0) is 63.4 Å². The predicted molar refractivity (Wildman–Crippen MR) is 97.1 cm³/mol. The number of thiophene rings is 1. The van der Waals surface area contributed by atoms with E-state index >= 15 is 0 Å². The molecule has 4 nitrogen and oxygen atoms in total. The van der Waals surface area contributed by atoms with Crippen molar-refractivity contribution in [2.45, 2.75) is 70.3 Å². The van der Waals surface area contributed by atoms with Crippen LogP contribution in [0.1, 0.15) is 68.2 Å². The van der Waals surface area contributed by atoms with Crippen molar-refractivity contribution in [3.8, 4) is 5.88 Å². The molecule has 0 spiro atoms. The number of fused-ring (bicyclic) bond motifs is 3. The maximum Gasteiger partial charge on any atom is 0.225 e. The lowest BCUT2D eigenvalue weighted by atomic mass is 9.97. The highest BCUT2D eigenvalue weighted by atomic mass is 32.1. The second-order valence-corrected chi connectivity index (χ2v) is 7.98. The molecule has 1 fully saturated rings. The van der Waals surface area contributed by atoms with Gasteiger partial charge in [0.25, 0.3) is 0 Å². The molecule has 2 aromatic rings. The molecule has 2 aliphatic carbocycles. The van der Waals surface area contributed by atoms with Gasteiger partial charge in [0.15, 0.2) is 0 Å². The number of aromatic nitrogens is 2. The standard InChI is InChI=1S/C19H26N2O2S/c1-2-22-11-10-13-8-9-15-16(13)17-18(20-12-21-19(17)24-15)23-14-6-4-3-5-7-14/h12-14H,2-11H2,1H3. The first-order chi connectivity index (χ1) is 11.9. The smallest absolute Gasteiger partial charge is 0.225 e. The van der Waals surface area contributed by atoms with Crippen LogP contribution in [0.4, 0.5) is 0 Å². The van der Waals surface area contributed by atoms with Crippen LogP contribution in [0.3, 0.4) is 0 Å². The van der Waals surface area contributed by atoms with Crippen LogP contribution >= 0.6 is 11.3 Å². The minimum atomic E-state index is 0.329. The Labute approximate surface area is 147 Å². The summed E-state index contributed by atoms with van der Waals surface area (Å²) in [6.45, 7) is 3.69. The normalized spacial score (nSPS) is 21.3. The van der Waals surface area contributed by atoms with Gasteiger partial charge in [0, 0.05) is 18.1 Å². The Bertz CT molecular complexity index is 694. The first kappa shape index (κ1) is 16.3. The zero-order valence-electron chi connectivity index (χ0n) is 14.4. The van der Waals surface area contributed by atoms with Gasteiger partial charge in [0.1, 0.15) is 17.3 Å². The summed E-state index contributed by atoms with van der Waals surface area (Å²) in [6.07, 6.45) is 11.7. The molecule has 0 saturated heterocycles. The summed E-state index contributed by atoms with van der Waals surface area (Å²) >= 11 is 1.83. The fourth-order valence-electron chi connectivity index (χ4n) is 4.13. The van der Waals surface area contributed by atoms with Gasteiger partial charge < -0.3 is 9.47 Å². The quantitative estimate of drug-likeness (QED) is 0.701. The van der Waals surface area contributed by atoms with Crippen LogP contribution in [0.15, 0.2) is 6.33 Å². The molecule has 1 unspecified atom stereocenters. The van der Waals surface area contributed by atoms with Crippen molar-refractivity contribution in [1.82, 2.24) is 9.97 Å². The van der Waals surface area contributed by atoms with Crippen molar-refractivity contribution in [3.63, 3.8) is 0 Å². The Hall–Kier alpha value is -1.20. The number of nitrogens with zero attached hydrogens (tertiary/aromatic N) is 2. The molecule has 2 heterocycles. The van der Waals surface area contributed by atoms with Crippen LogP contribution in [0.2, 0.25) is 0 Å². The van der Waals surface area contributed by atoms with E-state index in [-0.39, 0.29) is 0 Å². The molecule has 0 aliphatic heterocycles. The Morgan fingerprint density at radius 2 is 2.04 bits per heavy atom. The monoisotopic (exact) mass is 346 g/mol. The largest absolute Gasteiger partial charge is 0.474 e. The average Bonchev–Trinajstić information content (AvgIpc) is 3.16. The van der Waals surface area contributed by atoms with Crippen molar-refractivity contribution in [1.29, 1.82) is 0 Å². The van der Waals surface area contributed by atoms with Gasteiger partial charge in [-0.15, -0.1) is 11.3 Å². The van der Waals surface area contributed by atoms with Crippen LogP contribution in [0.5, 0.6) is 5.88 Å². The highest BCUT2D eigenvalue weighted by Gasteiger charge is 2.30. The van der Waals surface area contributed by atoms with Gasteiger partial charge in [-0.1, -0.05) is 6.42 Å². The van der Waals surface area contributed by atoms with Crippen molar-refractivity contribution in [2.24, 2.45) is 0 Å². The minimum Gasteiger partial charge on any atom is -0.474 e. The first-order valence-corrected chi connectivity index (χ1v) is 10.2. The molecule has 1 saturated carbocycles. The molecular weight excluding hydrogens is 320 g/mol. The van der Waals surface area contributed by atoms with Crippen LogP contribution in [-0.4, -0.2) is 29.3 Å². The van der Waals surface area contributed by atoms with E-state index in [4.69, 9.17) is 9.47 Å². The number of hydrogen-bond donors (Lipinski definition) is 0. The third-order valence-electron chi connectivity index (χ3n) is 5.34. The molecular formula is C19H26N2O2S. The SMILES string of the molecule is CCOCCC1CCc2sc3ncnc(OC4CCCCC4)c3c21. The number of ether oxygens (including phenoxy) is 2. The van der Waals surface area contributed by atoms with E-state index < -0.39 is 0 Å². The van der Waals surface area contributed by atoms with Gasteiger partial charge in [-0.25, -0.2) is 9.97 Å². The number of rotatable bonds is 6. The zero-order chi connectivity index (χ0) is 16.4. The Balaban J connectivity index is 1.63. The highest BCUT2D eigenvalue weighted by Crippen LogP contribution is 2.47. The predicted octanol–water partition coefficient (Wildman–Crippen LogP) is 4.86. The molecule has 0 aromatic carbocycles. The Morgan fingerprint density at radius 3 is 2.88 bits per heavy atom. The lowest BCUT2D eigenvalue weighted by Crippen LogP contribution is -2.20. The molecule has 130 valence electrons. The Morgan fingerprint density at radius 1 is 1.17 bits per heavy atom. The van der Waals surface area contributed by atoms with Crippen LogP contribution in [-0.2, 0) is 11.2 Å². The Kier molecular flexibility index (Phi) is 4.99. The molecule has 2 aliphatic rings. The van der Waals surface area contributed by atoms with E-state index in [2.05, 4.69) is 16.9 Å². The highest BCUT2D eigenvalue weighted by molar-refractivity contribution is 7.19. The second-order valence-electron chi connectivity index (χ2n) is 6.90. The summed E-state index contributed by atoms with van der Waals surface area (Å²) in [5.74, 6) is 1.40. The van der Waals surface area contributed by atoms with Gasteiger partial charge in [-0.3, -0.25) is 0 Å². The third-order valence-corrected chi connectivity index (χ3v) is 6.51. The summed E-state index contributed by atoms with van der Waals surface area (Å²) in [5.41, 5.74) is 1.46. The number of hydrogen-bond acceptors (Lipinski definition) is 5. The molecule has 24 heavy (non-hydrogen) atoms. The molecule has 5 heteroatoms. The summed E-state index contributed by atoms with van der Waals surface area (Å²) in [7, 11) is 0. The third kappa shape index (κ3) is 3.16. The molecule has 4 rings (SSSR count). The first-order valence-electron chi connectivity index (χ1n) is 9.37. The van der Waals surface area contributed by atoms with E-state index in [1.165, 1.54) is 41.5 Å². The van der Waals surface area contributed by atoms with Gasteiger partial charge in [-0.2, -0.15) is 0 Å². The van der Waals surface area contributed by atoms with E-state index in [1.807, 2.05) is 11.3 Å².